The van der Waals surface area contributed by atoms with Gasteiger partial charge in [0.1, 0.15) is 11.6 Å². The Morgan fingerprint density at radius 3 is 2.78 bits per heavy atom. The second-order valence-corrected chi connectivity index (χ2v) is 7.70. The van der Waals surface area contributed by atoms with E-state index in [4.69, 9.17) is 0 Å². The van der Waals surface area contributed by atoms with Crippen LogP contribution < -0.4 is 5.32 Å². The van der Waals surface area contributed by atoms with E-state index in [0.29, 0.717) is 12.2 Å². The van der Waals surface area contributed by atoms with Gasteiger partial charge in [0.15, 0.2) is 5.78 Å². The predicted molar refractivity (Wildman–Crippen MR) is 100 cm³/mol. The summed E-state index contributed by atoms with van der Waals surface area (Å²) in [5.74, 6) is -1.15. The molecule has 2 heterocycles. The number of carbonyl (C=O) groups excluding carboxylic acids is 1. The Hall–Kier alpha value is -2.38. The summed E-state index contributed by atoms with van der Waals surface area (Å²) in [5, 5.41) is 9.90. The van der Waals surface area contributed by atoms with E-state index < -0.39 is 11.6 Å². The first-order valence-electron chi connectivity index (χ1n) is 8.86. The number of rotatable bonds is 5. The summed E-state index contributed by atoms with van der Waals surface area (Å²) < 4.78 is 28.8. The zero-order valence-electron chi connectivity index (χ0n) is 14.8. The summed E-state index contributed by atoms with van der Waals surface area (Å²) in [6.07, 6.45) is 4.54. The van der Waals surface area contributed by atoms with Crippen LogP contribution in [0.1, 0.15) is 52.3 Å². The SMILES string of the molecule is CC(=O)c1cc(CN[C@H]2CCCc3c2cnn3-c2cc(F)cc(F)c2)cs1. The largest absolute Gasteiger partial charge is 0.306 e. The van der Waals surface area contributed by atoms with E-state index in [1.807, 2.05) is 11.4 Å². The molecule has 1 aromatic carbocycles. The molecule has 1 atom stereocenters. The molecule has 0 spiro atoms. The molecular formula is C20H19F2N3OS. The van der Waals surface area contributed by atoms with Crippen LogP contribution in [0.4, 0.5) is 8.78 Å². The molecule has 7 heteroatoms. The maximum atomic E-state index is 13.6. The van der Waals surface area contributed by atoms with Crippen LogP contribution in [0.15, 0.2) is 35.8 Å². The monoisotopic (exact) mass is 387 g/mol. The number of hydrogen-bond acceptors (Lipinski definition) is 4. The van der Waals surface area contributed by atoms with Gasteiger partial charge in [-0.3, -0.25) is 4.79 Å². The van der Waals surface area contributed by atoms with Crippen molar-refractivity contribution in [1.82, 2.24) is 15.1 Å². The summed E-state index contributed by atoms with van der Waals surface area (Å²) in [6.45, 7) is 2.23. The van der Waals surface area contributed by atoms with Gasteiger partial charge in [0.2, 0.25) is 0 Å². The third kappa shape index (κ3) is 3.70. The molecule has 0 bridgehead atoms. The average Bonchev–Trinajstić information content (AvgIpc) is 3.26. The fourth-order valence-corrected chi connectivity index (χ4v) is 4.36. The second kappa shape index (κ2) is 7.32. The Kier molecular flexibility index (Phi) is 4.88. The lowest BCUT2D eigenvalue weighted by molar-refractivity contribution is 0.102. The highest BCUT2D eigenvalue weighted by molar-refractivity contribution is 7.12. The van der Waals surface area contributed by atoms with Crippen molar-refractivity contribution in [3.05, 3.63) is 69.2 Å². The first-order valence-corrected chi connectivity index (χ1v) is 9.74. The van der Waals surface area contributed by atoms with Gasteiger partial charge >= 0.3 is 0 Å². The van der Waals surface area contributed by atoms with E-state index in [9.17, 15) is 13.6 Å². The number of ketones is 1. The molecule has 0 saturated heterocycles. The summed E-state index contributed by atoms with van der Waals surface area (Å²) in [7, 11) is 0. The van der Waals surface area contributed by atoms with Crippen molar-refractivity contribution in [1.29, 1.82) is 0 Å². The number of Topliss-reactive ketones (excluding diaryl/α,β-unsaturated/α-hetero) is 1. The van der Waals surface area contributed by atoms with Crippen molar-refractivity contribution < 1.29 is 13.6 Å². The number of fused-ring (bicyclic) bond motifs is 1. The van der Waals surface area contributed by atoms with E-state index in [1.54, 1.807) is 17.8 Å². The van der Waals surface area contributed by atoms with Gasteiger partial charge in [-0.25, -0.2) is 13.5 Å². The smallest absolute Gasteiger partial charge is 0.169 e. The van der Waals surface area contributed by atoms with E-state index in [1.165, 1.54) is 23.5 Å². The molecular weight excluding hydrogens is 368 g/mol. The molecule has 27 heavy (non-hydrogen) atoms. The lowest BCUT2D eigenvalue weighted by Crippen LogP contribution is -2.24. The van der Waals surface area contributed by atoms with Gasteiger partial charge < -0.3 is 5.32 Å². The number of hydrogen-bond donors (Lipinski definition) is 1. The Labute approximate surface area is 159 Å². The Morgan fingerprint density at radius 2 is 2.07 bits per heavy atom. The first-order chi connectivity index (χ1) is 13.0. The van der Waals surface area contributed by atoms with E-state index in [0.717, 1.165) is 47.0 Å². The number of aromatic nitrogens is 2. The zero-order chi connectivity index (χ0) is 19.0. The van der Waals surface area contributed by atoms with Crippen LogP contribution in [0.5, 0.6) is 0 Å². The van der Waals surface area contributed by atoms with Gasteiger partial charge in [-0.05, 0) is 55.3 Å². The zero-order valence-corrected chi connectivity index (χ0v) is 15.7. The summed E-state index contributed by atoms with van der Waals surface area (Å²) in [6, 6.07) is 5.49. The predicted octanol–water partition coefficient (Wildman–Crippen LogP) is 4.58. The van der Waals surface area contributed by atoms with Crippen LogP contribution >= 0.6 is 11.3 Å². The van der Waals surface area contributed by atoms with Crippen LogP contribution in [0, 0.1) is 11.6 Å². The van der Waals surface area contributed by atoms with Gasteiger partial charge in [-0.1, -0.05) is 0 Å². The molecule has 1 aliphatic rings. The topological polar surface area (TPSA) is 46.9 Å². The summed E-state index contributed by atoms with van der Waals surface area (Å²) >= 11 is 1.46. The molecule has 3 aromatic rings. The van der Waals surface area contributed by atoms with Crippen LogP contribution in [0.25, 0.3) is 5.69 Å². The molecule has 0 fully saturated rings. The fourth-order valence-electron chi connectivity index (χ4n) is 3.55. The first kappa shape index (κ1) is 18.0. The minimum Gasteiger partial charge on any atom is -0.306 e. The standard InChI is InChI=1S/C20H19F2N3OS/c1-12(26)20-5-13(11-27-20)9-23-18-3-2-4-19-17(18)10-24-25(19)16-7-14(21)6-15(22)8-16/h5-8,10-11,18,23H,2-4,9H2,1H3/t18-/m0/s1. The van der Waals surface area contributed by atoms with Gasteiger partial charge in [0.05, 0.1) is 16.8 Å². The van der Waals surface area contributed by atoms with Crippen LogP contribution in [0.3, 0.4) is 0 Å². The van der Waals surface area contributed by atoms with E-state index in [-0.39, 0.29) is 11.8 Å². The van der Waals surface area contributed by atoms with Crippen LogP contribution in [-0.2, 0) is 13.0 Å². The molecule has 4 rings (SSSR count). The molecule has 0 unspecified atom stereocenters. The van der Waals surface area contributed by atoms with Crippen molar-refractivity contribution in [2.24, 2.45) is 0 Å². The molecule has 0 aliphatic heterocycles. The number of thiophene rings is 1. The van der Waals surface area contributed by atoms with Crippen LogP contribution in [-0.4, -0.2) is 15.6 Å². The molecule has 0 saturated carbocycles. The highest BCUT2D eigenvalue weighted by Gasteiger charge is 2.25. The molecule has 1 aliphatic carbocycles. The van der Waals surface area contributed by atoms with Crippen molar-refractivity contribution >= 4 is 17.1 Å². The molecule has 0 amide bonds. The molecule has 1 N–H and O–H groups in total. The molecule has 4 nitrogen and oxygen atoms in total. The highest BCUT2D eigenvalue weighted by Crippen LogP contribution is 2.31. The normalized spacial score (nSPS) is 16.3. The Balaban J connectivity index is 1.55. The third-order valence-corrected chi connectivity index (χ3v) is 5.91. The van der Waals surface area contributed by atoms with E-state index in [2.05, 4.69) is 10.4 Å². The highest BCUT2D eigenvalue weighted by atomic mass is 32.1. The fraction of sp³-hybridized carbons (Fsp3) is 0.300. The lowest BCUT2D eigenvalue weighted by atomic mass is 9.92. The minimum atomic E-state index is -0.613. The Morgan fingerprint density at radius 1 is 1.30 bits per heavy atom. The van der Waals surface area contributed by atoms with Crippen molar-refractivity contribution in [2.45, 2.75) is 38.8 Å². The van der Waals surface area contributed by atoms with Crippen molar-refractivity contribution in [2.75, 3.05) is 0 Å². The number of nitrogens with zero attached hydrogens (tertiary/aromatic N) is 2. The molecule has 2 aromatic heterocycles. The Bertz CT molecular complexity index is 975. The van der Waals surface area contributed by atoms with Gasteiger partial charge in [-0.2, -0.15) is 5.10 Å². The maximum Gasteiger partial charge on any atom is 0.169 e. The summed E-state index contributed by atoms with van der Waals surface area (Å²) in [4.78, 5) is 12.2. The van der Waals surface area contributed by atoms with Crippen molar-refractivity contribution in [3.63, 3.8) is 0 Å². The number of nitrogens with one attached hydrogen (secondary N) is 1. The number of carbonyl (C=O) groups is 1. The molecule has 0 radical (unpaired) electrons. The molecule has 140 valence electrons. The van der Waals surface area contributed by atoms with Crippen LogP contribution in [0.2, 0.25) is 0 Å². The quantitative estimate of drug-likeness (QED) is 0.652. The van der Waals surface area contributed by atoms with Gasteiger partial charge in [-0.15, -0.1) is 11.3 Å². The second-order valence-electron chi connectivity index (χ2n) is 6.79. The average molecular weight is 387 g/mol. The number of halogens is 2. The van der Waals surface area contributed by atoms with Gasteiger partial charge in [0, 0.05) is 29.9 Å². The lowest BCUT2D eigenvalue weighted by Gasteiger charge is -2.24. The third-order valence-electron chi connectivity index (χ3n) is 4.83. The maximum absolute atomic E-state index is 13.6. The van der Waals surface area contributed by atoms with Crippen molar-refractivity contribution in [3.8, 4) is 5.69 Å². The van der Waals surface area contributed by atoms with E-state index >= 15 is 0 Å². The minimum absolute atomic E-state index is 0.0785. The summed E-state index contributed by atoms with van der Waals surface area (Å²) in [5.41, 5.74) is 3.53. The number of benzene rings is 1. The van der Waals surface area contributed by atoms with Gasteiger partial charge in [0.25, 0.3) is 0 Å².